The van der Waals surface area contributed by atoms with Gasteiger partial charge in [0.1, 0.15) is 17.2 Å². The lowest BCUT2D eigenvalue weighted by Crippen LogP contribution is -2.14. The molecule has 1 aliphatic heterocycles. The van der Waals surface area contributed by atoms with E-state index in [1.54, 1.807) is 18.3 Å². The van der Waals surface area contributed by atoms with Gasteiger partial charge in [-0.3, -0.25) is 9.78 Å². The zero-order valence-corrected chi connectivity index (χ0v) is 17.8. The second kappa shape index (κ2) is 7.11. The Bertz CT molecular complexity index is 1180. The van der Waals surface area contributed by atoms with Gasteiger partial charge in [0.2, 0.25) is 0 Å². The number of carbonyl (C=O) groups excluding carboxylic acids is 1. The molecule has 0 spiro atoms. The molecule has 0 radical (unpaired) electrons. The van der Waals surface area contributed by atoms with E-state index in [0.717, 1.165) is 41.3 Å². The monoisotopic (exact) mass is 435 g/mol. The molecule has 2 aliphatic carbocycles. The Kier molecular flexibility index (Phi) is 4.45. The third-order valence-electron chi connectivity index (χ3n) is 7.53. The predicted octanol–water partition coefficient (Wildman–Crippen LogP) is 5.87. The summed E-state index contributed by atoms with van der Waals surface area (Å²) in [5.74, 6) is 1.55. The fraction of sp³-hybridized carbons (Fsp3) is 0.385. The molecule has 0 amide bonds. The van der Waals surface area contributed by atoms with Crippen LogP contribution in [0, 0.1) is 23.6 Å². The number of hydrogen-bond acceptors (Lipinski definition) is 3. The van der Waals surface area contributed by atoms with Crippen molar-refractivity contribution >= 4 is 28.3 Å². The molecule has 5 atom stereocenters. The molecule has 2 aromatic carbocycles. The number of hydrogen-bond donors (Lipinski definition) is 0. The largest absolute Gasteiger partial charge is 0.361 e. The van der Waals surface area contributed by atoms with Gasteiger partial charge in [0, 0.05) is 29.4 Å². The van der Waals surface area contributed by atoms with Crippen LogP contribution in [0.4, 0.5) is 4.39 Å². The number of carbonyl (C=O) groups is 1. The van der Waals surface area contributed by atoms with E-state index in [0.29, 0.717) is 41.4 Å². The van der Waals surface area contributed by atoms with Crippen LogP contribution < -0.4 is 0 Å². The van der Waals surface area contributed by atoms with Crippen molar-refractivity contribution in [3.63, 3.8) is 0 Å². The van der Waals surface area contributed by atoms with Gasteiger partial charge in [0.25, 0.3) is 0 Å². The summed E-state index contributed by atoms with van der Waals surface area (Å²) >= 11 is 5.93. The highest BCUT2D eigenvalue weighted by atomic mass is 35.5. The van der Waals surface area contributed by atoms with Crippen molar-refractivity contribution in [3.05, 3.63) is 76.7 Å². The number of benzene rings is 2. The van der Waals surface area contributed by atoms with E-state index in [-0.39, 0.29) is 17.5 Å². The van der Waals surface area contributed by atoms with Crippen molar-refractivity contribution in [3.8, 4) is 0 Å². The first-order chi connectivity index (χ1) is 15.0. The maximum absolute atomic E-state index is 13.9. The van der Waals surface area contributed by atoms with Gasteiger partial charge in [0.05, 0.1) is 11.6 Å². The molecule has 0 unspecified atom stereocenters. The Morgan fingerprint density at radius 3 is 2.81 bits per heavy atom. The van der Waals surface area contributed by atoms with E-state index in [2.05, 4.69) is 4.98 Å². The first-order valence-electron chi connectivity index (χ1n) is 11.0. The Hall–Kier alpha value is -2.30. The molecule has 158 valence electrons. The second-order valence-corrected chi connectivity index (χ2v) is 9.90. The van der Waals surface area contributed by atoms with E-state index >= 15 is 0 Å². The summed E-state index contributed by atoms with van der Waals surface area (Å²) in [6.07, 6.45) is 6.18. The molecule has 31 heavy (non-hydrogen) atoms. The predicted molar refractivity (Wildman–Crippen MR) is 117 cm³/mol. The Balaban J connectivity index is 1.14. The lowest BCUT2D eigenvalue weighted by atomic mass is 9.88. The van der Waals surface area contributed by atoms with Crippen LogP contribution in [0.3, 0.4) is 0 Å². The van der Waals surface area contributed by atoms with Gasteiger partial charge in [-0.25, -0.2) is 4.39 Å². The van der Waals surface area contributed by atoms with Gasteiger partial charge < -0.3 is 4.74 Å². The molecule has 5 heteroatoms. The topological polar surface area (TPSA) is 42.5 Å². The van der Waals surface area contributed by atoms with Crippen molar-refractivity contribution in [2.24, 2.45) is 17.8 Å². The summed E-state index contributed by atoms with van der Waals surface area (Å²) in [5, 5.41) is 1.55. The van der Waals surface area contributed by atoms with Crippen LogP contribution in [0.15, 0.2) is 54.7 Å². The summed E-state index contributed by atoms with van der Waals surface area (Å²) < 4.78 is 20.2. The molecular weight excluding hydrogens is 413 g/mol. The standard InChI is InChI=1S/C26H23ClFNO2/c27-18-3-1-15(2-4-18)10-20(30)11-16-9-17-14-26(25(31-26)21(17)12-16)23-7-8-29-24-6-5-19(28)13-22(23)24/h1-8,13,16-17,21,25H,9-12,14H2/t16-,17+,21+,25-,26-/m0/s1. The first kappa shape index (κ1) is 19.4. The van der Waals surface area contributed by atoms with Gasteiger partial charge in [0.15, 0.2) is 0 Å². The van der Waals surface area contributed by atoms with Crippen LogP contribution in [0.5, 0.6) is 0 Å². The number of Topliss-reactive ketones (excluding diaryl/α,β-unsaturated/α-hetero) is 1. The van der Waals surface area contributed by atoms with E-state index < -0.39 is 0 Å². The highest BCUT2D eigenvalue weighted by molar-refractivity contribution is 6.30. The van der Waals surface area contributed by atoms with E-state index in [9.17, 15) is 9.18 Å². The van der Waals surface area contributed by atoms with Gasteiger partial charge in [-0.2, -0.15) is 0 Å². The molecule has 3 aromatic rings. The number of fused-ring (bicyclic) bond motifs is 4. The highest BCUT2D eigenvalue weighted by Gasteiger charge is 2.70. The lowest BCUT2D eigenvalue weighted by Gasteiger charge is -2.16. The third-order valence-corrected chi connectivity index (χ3v) is 7.78. The molecule has 2 heterocycles. The van der Waals surface area contributed by atoms with Gasteiger partial charge >= 0.3 is 0 Å². The fourth-order valence-electron chi connectivity index (χ4n) is 6.27. The Morgan fingerprint density at radius 2 is 2.00 bits per heavy atom. The minimum atomic E-state index is -0.289. The normalized spacial score (nSPS) is 30.9. The summed E-state index contributed by atoms with van der Waals surface area (Å²) in [5.41, 5.74) is 2.62. The van der Waals surface area contributed by atoms with Gasteiger partial charge in [-0.1, -0.05) is 23.7 Å². The van der Waals surface area contributed by atoms with E-state index in [4.69, 9.17) is 16.3 Å². The zero-order chi connectivity index (χ0) is 21.2. The average molecular weight is 436 g/mol. The van der Waals surface area contributed by atoms with Crippen molar-refractivity contribution in [2.45, 2.75) is 43.8 Å². The van der Waals surface area contributed by atoms with Crippen LogP contribution in [0.25, 0.3) is 10.9 Å². The molecule has 0 bridgehead atoms. The molecular formula is C26H23ClFNO2. The number of epoxide rings is 1. The summed E-state index contributed by atoms with van der Waals surface area (Å²) in [6.45, 7) is 0. The van der Waals surface area contributed by atoms with Gasteiger partial charge in [-0.05, 0) is 84.5 Å². The van der Waals surface area contributed by atoms with Crippen molar-refractivity contribution in [1.82, 2.24) is 4.98 Å². The molecule has 0 N–H and O–H groups in total. The SMILES string of the molecule is O=C(Cc1ccc(Cl)cc1)C[C@@H]1C[C@@H]2C[C@@]3(c4ccnc5ccc(F)cc45)O[C@H]3[C@@H]2C1. The van der Waals surface area contributed by atoms with Crippen LogP contribution in [0.1, 0.15) is 36.8 Å². The zero-order valence-electron chi connectivity index (χ0n) is 17.1. The third kappa shape index (κ3) is 3.28. The van der Waals surface area contributed by atoms with Crippen LogP contribution in [-0.2, 0) is 21.6 Å². The number of aromatic nitrogens is 1. The number of ether oxygens (including phenoxy) is 1. The quantitative estimate of drug-likeness (QED) is 0.471. The van der Waals surface area contributed by atoms with Gasteiger partial charge in [-0.15, -0.1) is 0 Å². The first-order valence-corrected chi connectivity index (χ1v) is 11.4. The summed E-state index contributed by atoms with van der Waals surface area (Å²) in [6, 6.07) is 14.3. The minimum Gasteiger partial charge on any atom is -0.361 e. The van der Waals surface area contributed by atoms with E-state index in [1.807, 2.05) is 30.3 Å². The highest BCUT2D eigenvalue weighted by Crippen LogP contribution is 2.67. The van der Waals surface area contributed by atoms with Crippen molar-refractivity contribution in [2.75, 3.05) is 0 Å². The van der Waals surface area contributed by atoms with Crippen LogP contribution >= 0.6 is 11.6 Å². The molecule has 3 aliphatic rings. The van der Waals surface area contributed by atoms with E-state index in [1.165, 1.54) is 6.07 Å². The smallest absolute Gasteiger partial charge is 0.137 e. The number of pyridine rings is 1. The molecule has 1 saturated heterocycles. The van der Waals surface area contributed by atoms with Crippen LogP contribution in [0.2, 0.25) is 5.02 Å². The van der Waals surface area contributed by atoms with Crippen molar-refractivity contribution < 1.29 is 13.9 Å². The maximum atomic E-state index is 13.9. The molecule has 1 aromatic heterocycles. The van der Waals surface area contributed by atoms with Crippen molar-refractivity contribution in [1.29, 1.82) is 0 Å². The number of rotatable bonds is 5. The number of ketones is 1. The number of halogens is 2. The number of nitrogens with zero attached hydrogens (tertiary/aromatic N) is 1. The summed E-state index contributed by atoms with van der Waals surface area (Å²) in [7, 11) is 0. The Labute approximate surface area is 185 Å². The maximum Gasteiger partial charge on any atom is 0.137 e. The second-order valence-electron chi connectivity index (χ2n) is 9.46. The average Bonchev–Trinajstić information content (AvgIpc) is 3.20. The molecule has 3 nitrogen and oxygen atoms in total. The molecule has 2 saturated carbocycles. The summed E-state index contributed by atoms with van der Waals surface area (Å²) in [4.78, 5) is 17.0. The molecule has 6 rings (SSSR count). The minimum absolute atomic E-state index is 0.183. The fourth-order valence-corrected chi connectivity index (χ4v) is 6.39. The molecule has 3 fully saturated rings. The Morgan fingerprint density at radius 1 is 1.16 bits per heavy atom. The van der Waals surface area contributed by atoms with Crippen LogP contribution in [-0.4, -0.2) is 16.9 Å². The lowest BCUT2D eigenvalue weighted by molar-refractivity contribution is -0.119.